The first-order valence-electron chi connectivity index (χ1n) is 28.2. The number of aliphatic hydroxyl groups is 6. The number of carbonyl (C=O) groups is 4. The first kappa shape index (κ1) is 64.7. The minimum absolute atomic E-state index is 0.0251. The van der Waals surface area contributed by atoms with Crippen molar-refractivity contribution in [2.45, 2.75) is 255 Å². The van der Waals surface area contributed by atoms with Crippen LogP contribution in [0.4, 0.5) is 0 Å². The summed E-state index contributed by atoms with van der Waals surface area (Å²) in [5, 5.41) is 90.1. The van der Waals surface area contributed by atoms with Gasteiger partial charge < -0.3 is 107 Å². The molecular formula is C57H82O26. The SMILES string of the molecule is CO[C@@H]1[C@H](O)C[C@@H](O[C@@H]2C[C@H](Oc3cc4cc5c(c(O)c4c(O)c3C)C(=O)[C@H](O[C@H]3C[C@@H](O[C@H]4C[C@@H](O[C@H]6C[C@](C)(O)[C@@H](OC(C)=O)[C@H](C)O6)[C@H](O)[C@@H](C)O4)[C@H](O)[C@@H](C)O3)[C@@H]([C@@H](OC)C(=O)[C@@H](O)[C@@H](C)O)C5)O[C@H](C)[C@@H]2OC(C)=O)O[C@@H]1C. The van der Waals surface area contributed by atoms with Gasteiger partial charge in [-0.25, -0.2) is 0 Å². The van der Waals surface area contributed by atoms with Gasteiger partial charge in [-0.3, -0.25) is 19.2 Å². The molecule has 2 aromatic rings. The third kappa shape index (κ3) is 13.9. The lowest BCUT2D eigenvalue weighted by molar-refractivity contribution is -0.334. The molecule has 0 spiro atoms. The molecule has 26 nitrogen and oxygen atoms in total. The smallest absolute Gasteiger partial charge is 0.303 e. The number of aliphatic hydroxyl groups excluding tert-OH is 5. The lowest BCUT2D eigenvalue weighted by atomic mass is 9.75. The predicted molar refractivity (Wildman–Crippen MR) is 282 cm³/mol. The monoisotopic (exact) mass is 1180 g/mol. The van der Waals surface area contributed by atoms with E-state index >= 15 is 4.79 Å². The number of phenols is 2. The number of methoxy groups -OCH3 is 2. The highest BCUT2D eigenvalue weighted by Crippen LogP contribution is 2.48. The lowest BCUT2D eigenvalue weighted by Crippen LogP contribution is -2.59. The number of hydrogen-bond acceptors (Lipinski definition) is 26. The minimum atomic E-state index is -1.96. The summed E-state index contributed by atoms with van der Waals surface area (Å²) >= 11 is 0. The van der Waals surface area contributed by atoms with Gasteiger partial charge in [0, 0.05) is 71.7 Å². The van der Waals surface area contributed by atoms with E-state index in [9.17, 15) is 55.2 Å². The molecule has 1 aliphatic carbocycles. The van der Waals surface area contributed by atoms with Gasteiger partial charge >= 0.3 is 11.9 Å². The Morgan fingerprint density at radius 2 is 1.22 bits per heavy atom. The quantitative estimate of drug-likeness (QED) is 0.0982. The van der Waals surface area contributed by atoms with E-state index in [1.54, 1.807) is 27.7 Å². The Kier molecular flexibility index (Phi) is 20.5. The second-order valence-electron chi connectivity index (χ2n) is 23.1. The molecule has 2 aromatic carbocycles. The third-order valence-corrected chi connectivity index (χ3v) is 16.6. The molecular weight excluding hydrogens is 1100 g/mol. The maximum absolute atomic E-state index is 15.1. The highest BCUT2D eigenvalue weighted by molar-refractivity contribution is 6.11. The molecule has 5 aliphatic heterocycles. The number of fused-ring (bicyclic) bond motifs is 2. The van der Waals surface area contributed by atoms with Crippen LogP contribution in [0.25, 0.3) is 10.8 Å². The van der Waals surface area contributed by atoms with Gasteiger partial charge in [-0.15, -0.1) is 0 Å². The number of ketones is 2. The zero-order valence-corrected chi connectivity index (χ0v) is 48.7. The molecule has 5 fully saturated rings. The van der Waals surface area contributed by atoms with Crippen molar-refractivity contribution < 1.29 is 126 Å². The highest BCUT2D eigenvalue weighted by Gasteiger charge is 2.52. The fraction of sp³-hybridized carbons (Fsp3) is 0.754. The maximum atomic E-state index is 15.1. The van der Waals surface area contributed by atoms with Crippen LogP contribution in [0.15, 0.2) is 12.1 Å². The molecule has 83 heavy (non-hydrogen) atoms. The van der Waals surface area contributed by atoms with Crippen LogP contribution in [0.2, 0.25) is 0 Å². The predicted octanol–water partition coefficient (Wildman–Crippen LogP) is 1.55. The van der Waals surface area contributed by atoms with Crippen molar-refractivity contribution in [2.75, 3.05) is 14.2 Å². The van der Waals surface area contributed by atoms with E-state index < -0.39 is 188 Å². The number of hydrogen-bond donors (Lipinski definition) is 8. The number of benzene rings is 2. The number of carbonyl (C=O) groups excluding carboxylic acids is 4. The second kappa shape index (κ2) is 26.4. The van der Waals surface area contributed by atoms with Gasteiger partial charge in [-0.2, -0.15) is 0 Å². The molecule has 26 heteroatoms. The Bertz CT molecular complexity index is 2620. The maximum Gasteiger partial charge on any atom is 0.303 e. The summed E-state index contributed by atoms with van der Waals surface area (Å²) in [4.78, 5) is 53.2. The first-order chi connectivity index (χ1) is 39.0. The largest absolute Gasteiger partial charge is 0.507 e. The molecule has 25 atom stereocenters. The van der Waals surface area contributed by atoms with Crippen LogP contribution in [0.5, 0.6) is 17.2 Å². The summed E-state index contributed by atoms with van der Waals surface area (Å²) in [5.41, 5.74) is -1.51. The molecule has 0 aromatic heterocycles. The minimum Gasteiger partial charge on any atom is -0.507 e. The van der Waals surface area contributed by atoms with Crippen LogP contribution < -0.4 is 4.74 Å². The van der Waals surface area contributed by atoms with Crippen molar-refractivity contribution >= 4 is 34.3 Å². The molecule has 0 bridgehead atoms. The number of ether oxygens (including phenoxy) is 14. The second-order valence-corrected chi connectivity index (χ2v) is 23.1. The Hall–Kier alpha value is -4.30. The Morgan fingerprint density at radius 3 is 1.78 bits per heavy atom. The summed E-state index contributed by atoms with van der Waals surface area (Å²) in [7, 11) is 2.64. The van der Waals surface area contributed by atoms with Gasteiger partial charge in [0.05, 0.1) is 65.9 Å². The van der Waals surface area contributed by atoms with Crippen molar-refractivity contribution in [3.05, 3.63) is 28.8 Å². The Morgan fingerprint density at radius 1 is 0.687 bits per heavy atom. The van der Waals surface area contributed by atoms with Crippen LogP contribution in [-0.4, -0.2) is 225 Å². The molecule has 0 amide bonds. The highest BCUT2D eigenvalue weighted by atomic mass is 16.7. The molecule has 6 aliphatic rings. The zero-order chi connectivity index (χ0) is 60.8. The average molecular weight is 1180 g/mol. The van der Waals surface area contributed by atoms with E-state index in [1.807, 2.05) is 0 Å². The van der Waals surface area contributed by atoms with Crippen molar-refractivity contribution in [1.29, 1.82) is 0 Å². The summed E-state index contributed by atoms with van der Waals surface area (Å²) in [6.45, 7) is 14.8. The van der Waals surface area contributed by atoms with Crippen LogP contribution in [0, 0.1) is 12.8 Å². The van der Waals surface area contributed by atoms with E-state index in [-0.39, 0.29) is 71.7 Å². The average Bonchev–Trinajstić information content (AvgIpc) is 3.47. The van der Waals surface area contributed by atoms with E-state index in [4.69, 9.17) is 66.3 Å². The molecule has 8 rings (SSSR count). The van der Waals surface area contributed by atoms with Crippen molar-refractivity contribution in [1.82, 2.24) is 0 Å². The summed E-state index contributed by atoms with van der Waals surface area (Å²) in [5.74, 6) is -5.32. The molecule has 5 heterocycles. The number of esters is 2. The fourth-order valence-corrected chi connectivity index (χ4v) is 12.4. The Labute approximate surface area is 480 Å². The first-order valence-corrected chi connectivity index (χ1v) is 28.2. The van der Waals surface area contributed by atoms with Gasteiger partial charge in [0.1, 0.15) is 65.6 Å². The molecule has 466 valence electrons. The van der Waals surface area contributed by atoms with Gasteiger partial charge in [-0.05, 0) is 84.9 Å². The Balaban J connectivity index is 1.04. The summed E-state index contributed by atoms with van der Waals surface area (Å²) in [6, 6.07) is 3.04. The molecule has 5 saturated heterocycles. The normalized spacial score (nSPS) is 39.7. The number of Topliss-reactive ketones (excluding diaryl/α,β-unsaturated/α-hetero) is 2. The molecule has 0 unspecified atom stereocenters. The third-order valence-electron chi connectivity index (χ3n) is 16.6. The standard InChI is InChI=1S/C57H82O26/c1-21-34(79-40-19-37(53(26(6)75-40)77-28(8)59)82-38-16-33(61)52(70-11)25(5)74-38)15-31-13-30-14-32(54(71-12)51(68)46(63)22(2)58)55(50(67)44(30)49(66)43(31)45(21)62)83-41-18-35(47(64)24(4)73-41)80-39-17-36(48(65)23(3)72-39)81-42-20-57(10,69)56(27(7)76-42)78-29(9)60/h13,15,22-27,32-33,35-42,46-48,52-56,58,61-66,69H,14,16-20H2,1-12H3/t22-,23-,24-,25-,26-,27+,32-,33-,35-,36-,37-,38-,39+,40+,41+,42+,46+,47-,48-,52+,53+,54-,55-,56+,57+/m1/s1. The lowest BCUT2D eigenvalue weighted by Gasteiger charge is -2.46. The number of phenolic OH excluding ortho intramolecular Hbond substituents is 2. The fourth-order valence-electron chi connectivity index (χ4n) is 12.4. The summed E-state index contributed by atoms with van der Waals surface area (Å²) in [6.07, 6.45) is -25.9. The van der Waals surface area contributed by atoms with E-state index in [1.165, 1.54) is 67.9 Å². The molecule has 0 radical (unpaired) electrons. The van der Waals surface area contributed by atoms with Gasteiger partial charge in [-0.1, -0.05) is 0 Å². The molecule has 8 N–H and O–H groups in total. The van der Waals surface area contributed by atoms with Crippen molar-refractivity contribution in [2.24, 2.45) is 5.92 Å². The number of aromatic hydroxyl groups is 2. The van der Waals surface area contributed by atoms with E-state index in [0.717, 1.165) is 0 Å². The van der Waals surface area contributed by atoms with E-state index in [0.29, 0.717) is 0 Å². The van der Waals surface area contributed by atoms with Crippen LogP contribution in [-0.2, 0) is 82.4 Å². The number of rotatable bonds is 18. The van der Waals surface area contributed by atoms with Gasteiger partial charge in [0.15, 0.2) is 48.9 Å². The van der Waals surface area contributed by atoms with Crippen molar-refractivity contribution in [3.63, 3.8) is 0 Å². The van der Waals surface area contributed by atoms with E-state index in [2.05, 4.69) is 0 Å². The van der Waals surface area contributed by atoms with Crippen LogP contribution in [0.1, 0.15) is 116 Å². The van der Waals surface area contributed by atoms with Crippen molar-refractivity contribution in [3.8, 4) is 17.2 Å². The van der Waals surface area contributed by atoms with Gasteiger partial charge in [0.25, 0.3) is 0 Å². The van der Waals surface area contributed by atoms with Crippen LogP contribution in [0.3, 0.4) is 0 Å². The molecule has 0 saturated carbocycles. The van der Waals surface area contributed by atoms with Gasteiger partial charge in [0.2, 0.25) is 6.29 Å². The summed E-state index contributed by atoms with van der Waals surface area (Å²) < 4.78 is 84.2. The van der Waals surface area contributed by atoms with Crippen LogP contribution >= 0.6 is 0 Å². The topological polar surface area (TPSA) is 359 Å². The zero-order valence-electron chi connectivity index (χ0n) is 48.7.